The van der Waals surface area contributed by atoms with Crippen LogP contribution in [0.2, 0.25) is 0 Å². The standard InChI is InChI=1S/C11H17N5O/c1-11(2,3)9-13-14-10(17)16(9)8-7-15-6-4-5-12-15/h4-6H,7-8H2,1-3H3,(H,14,17). The molecule has 0 bridgehead atoms. The van der Waals surface area contributed by atoms with E-state index in [0.29, 0.717) is 13.1 Å². The molecular weight excluding hydrogens is 218 g/mol. The van der Waals surface area contributed by atoms with Crippen molar-refractivity contribution in [1.82, 2.24) is 24.5 Å². The van der Waals surface area contributed by atoms with Crippen LogP contribution in [0.3, 0.4) is 0 Å². The van der Waals surface area contributed by atoms with Gasteiger partial charge in [0, 0.05) is 24.4 Å². The van der Waals surface area contributed by atoms with Gasteiger partial charge in [-0.05, 0) is 6.07 Å². The van der Waals surface area contributed by atoms with Crippen LogP contribution in [0, 0.1) is 0 Å². The second-order valence-corrected chi connectivity index (χ2v) is 5.02. The summed E-state index contributed by atoms with van der Waals surface area (Å²) in [5.41, 5.74) is -0.314. The molecule has 0 amide bonds. The first-order valence-corrected chi connectivity index (χ1v) is 5.61. The van der Waals surface area contributed by atoms with Crippen LogP contribution in [0.25, 0.3) is 0 Å². The van der Waals surface area contributed by atoms with E-state index in [2.05, 4.69) is 15.3 Å². The van der Waals surface area contributed by atoms with E-state index in [1.807, 2.05) is 33.0 Å². The van der Waals surface area contributed by atoms with Crippen molar-refractivity contribution in [3.63, 3.8) is 0 Å². The van der Waals surface area contributed by atoms with Gasteiger partial charge in [0.25, 0.3) is 0 Å². The average molecular weight is 235 g/mol. The van der Waals surface area contributed by atoms with Crippen molar-refractivity contribution in [2.24, 2.45) is 0 Å². The fourth-order valence-electron chi connectivity index (χ4n) is 1.73. The molecule has 0 fully saturated rings. The smallest absolute Gasteiger partial charge is 0.277 e. The van der Waals surface area contributed by atoms with Gasteiger partial charge < -0.3 is 0 Å². The molecule has 0 spiro atoms. The third-order valence-electron chi connectivity index (χ3n) is 2.54. The lowest BCUT2D eigenvalue weighted by atomic mass is 9.96. The van der Waals surface area contributed by atoms with Crippen molar-refractivity contribution in [3.05, 3.63) is 34.8 Å². The zero-order chi connectivity index (χ0) is 12.5. The summed E-state index contributed by atoms with van der Waals surface area (Å²) in [7, 11) is 0. The Morgan fingerprint density at radius 2 is 2.12 bits per heavy atom. The lowest BCUT2D eigenvalue weighted by molar-refractivity contribution is 0.458. The zero-order valence-corrected chi connectivity index (χ0v) is 10.3. The minimum Gasteiger partial charge on any atom is -0.277 e. The van der Waals surface area contributed by atoms with Gasteiger partial charge in [-0.1, -0.05) is 20.8 Å². The molecular formula is C11H17N5O. The van der Waals surface area contributed by atoms with Crippen LogP contribution in [0.1, 0.15) is 26.6 Å². The maximum absolute atomic E-state index is 11.7. The first kappa shape index (κ1) is 11.6. The summed E-state index contributed by atoms with van der Waals surface area (Å²) in [4.78, 5) is 11.7. The molecule has 6 nitrogen and oxygen atoms in total. The number of nitrogens with one attached hydrogen (secondary N) is 1. The first-order chi connectivity index (χ1) is 7.98. The number of aromatic nitrogens is 5. The molecule has 0 aromatic carbocycles. The van der Waals surface area contributed by atoms with E-state index in [0.717, 1.165) is 5.82 Å². The second kappa shape index (κ2) is 4.20. The van der Waals surface area contributed by atoms with E-state index >= 15 is 0 Å². The molecule has 0 aliphatic carbocycles. The summed E-state index contributed by atoms with van der Waals surface area (Å²) in [6.07, 6.45) is 3.60. The number of aryl methyl sites for hydroxylation is 1. The van der Waals surface area contributed by atoms with Crippen molar-refractivity contribution in [2.45, 2.75) is 39.3 Å². The van der Waals surface area contributed by atoms with Crippen LogP contribution < -0.4 is 5.69 Å². The molecule has 6 heteroatoms. The number of rotatable bonds is 3. The third-order valence-corrected chi connectivity index (χ3v) is 2.54. The summed E-state index contributed by atoms with van der Waals surface area (Å²) in [6.45, 7) is 7.34. The highest BCUT2D eigenvalue weighted by atomic mass is 16.1. The molecule has 1 N–H and O–H groups in total. The highest BCUT2D eigenvalue weighted by molar-refractivity contribution is 5.01. The lowest BCUT2D eigenvalue weighted by Crippen LogP contribution is -2.27. The summed E-state index contributed by atoms with van der Waals surface area (Å²) < 4.78 is 3.47. The van der Waals surface area contributed by atoms with Gasteiger partial charge in [0.15, 0.2) is 0 Å². The maximum atomic E-state index is 11.7. The fourth-order valence-corrected chi connectivity index (χ4v) is 1.73. The SMILES string of the molecule is CC(C)(C)c1n[nH]c(=O)n1CCn1cccn1. The maximum Gasteiger partial charge on any atom is 0.343 e. The predicted molar refractivity (Wildman–Crippen MR) is 63.8 cm³/mol. The largest absolute Gasteiger partial charge is 0.343 e. The lowest BCUT2D eigenvalue weighted by Gasteiger charge is -2.18. The fraction of sp³-hybridized carbons (Fsp3) is 0.545. The zero-order valence-electron chi connectivity index (χ0n) is 10.3. The van der Waals surface area contributed by atoms with Gasteiger partial charge in [0.2, 0.25) is 0 Å². The van der Waals surface area contributed by atoms with Crippen LogP contribution in [0.5, 0.6) is 0 Å². The molecule has 0 unspecified atom stereocenters. The minimum atomic E-state index is -0.165. The predicted octanol–water partition coefficient (Wildman–Crippen LogP) is 0.766. The summed E-state index contributed by atoms with van der Waals surface area (Å²) in [6, 6.07) is 1.86. The number of hydrogen-bond donors (Lipinski definition) is 1. The normalized spacial score (nSPS) is 11.9. The molecule has 0 saturated heterocycles. The molecule has 2 heterocycles. The Balaban J connectivity index is 2.21. The molecule has 0 saturated carbocycles. The van der Waals surface area contributed by atoms with Gasteiger partial charge in [-0.3, -0.25) is 9.25 Å². The summed E-state index contributed by atoms with van der Waals surface area (Å²) in [5.74, 6) is 0.773. The Morgan fingerprint density at radius 3 is 2.71 bits per heavy atom. The first-order valence-electron chi connectivity index (χ1n) is 5.61. The van der Waals surface area contributed by atoms with E-state index < -0.39 is 0 Å². The van der Waals surface area contributed by atoms with Crippen molar-refractivity contribution in [3.8, 4) is 0 Å². The number of hydrogen-bond acceptors (Lipinski definition) is 3. The van der Waals surface area contributed by atoms with Gasteiger partial charge >= 0.3 is 5.69 Å². The molecule has 0 aliphatic heterocycles. The third kappa shape index (κ3) is 2.46. The second-order valence-electron chi connectivity index (χ2n) is 5.02. The molecule has 2 rings (SSSR count). The van der Waals surface area contributed by atoms with Gasteiger partial charge in [0.1, 0.15) is 5.82 Å². The molecule has 0 aliphatic rings. The number of aromatic amines is 1. The Labute approximate surface area is 99.3 Å². The Hall–Kier alpha value is -1.85. The van der Waals surface area contributed by atoms with Gasteiger partial charge in [-0.2, -0.15) is 10.2 Å². The van der Waals surface area contributed by atoms with E-state index in [4.69, 9.17) is 0 Å². The van der Waals surface area contributed by atoms with Crippen LogP contribution >= 0.6 is 0 Å². The molecule has 92 valence electrons. The van der Waals surface area contributed by atoms with Crippen molar-refractivity contribution in [1.29, 1.82) is 0 Å². The van der Waals surface area contributed by atoms with E-state index in [1.54, 1.807) is 15.4 Å². The summed E-state index contributed by atoms with van der Waals surface area (Å²) in [5, 5.41) is 10.7. The van der Waals surface area contributed by atoms with E-state index in [9.17, 15) is 4.79 Å². The van der Waals surface area contributed by atoms with Crippen molar-refractivity contribution in [2.75, 3.05) is 0 Å². The Bertz CT molecular complexity index is 529. The van der Waals surface area contributed by atoms with Crippen molar-refractivity contribution < 1.29 is 0 Å². The average Bonchev–Trinajstić information content (AvgIpc) is 2.83. The number of nitrogens with zero attached hydrogens (tertiary/aromatic N) is 4. The quantitative estimate of drug-likeness (QED) is 0.854. The van der Waals surface area contributed by atoms with Crippen LogP contribution in [-0.4, -0.2) is 24.5 Å². The van der Waals surface area contributed by atoms with Crippen LogP contribution in [0.4, 0.5) is 0 Å². The van der Waals surface area contributed by atoms with Gasteiger partial charge in [-0.15, -0.1) is 0 Å². The molecule has 2 aromatic rings. The molecule has 0 radical (unpaired) electrons. The van der Waals surface area contributed by atoms with Gasteiger partial charge in [-0.25, -0.2) is 9.89 Å². The van der Waals surface area contributed by atoms with E-state index in [-0.39, 0.29) is 11.1 Å². The monoisotopic (exact) mass is 235 g/mol. The highest BCUT2D eigenvalue weighted by Crippen LogP contribution is 2.17. The minimum absolute atomic E-state index is 0.150. The molecule has 17 heavy (non-hydrogen) atoms. The Kier molecular flexibility index (Phi) is 2.87. The van der Waals surface area contributed by atoms with E-state index in [1.165, 1.54) is 0 Å². The van der Waals surface area contributed by atoms with Crippen LogP contribution in [0.15, 0.2) is 23.3 Å². The van der Waals surface area contributed by atoms with Crippen molar-refractivity contribution >= 4 is 0 Å². The molecule has 2 aromatic heterocycles. The Morgan fingerprint density at radius 1 is 1.35 bits per heavy atom. The van der Waals surface area contributed by atoms with Crippen LogP contribution in [-0.2, 0) is 18.5 Å². The highest BCUT2D eigenvalue weighted by Gasteiger charge is 2.22. The summed E-state index contributed by atoms with van der Waals surface area (Å²) >= 11 is 0. The topological polar surface area (TPSA) is 68.5 Å². The van der Waals surface area contributed by atoms with Gasteiger partial charge in [0.05, 0.1) is 6.54 Å². The molecule has 0 atom stereocenters. The number of H-pyrrole nitrogens is 1.